The van der Waals surface area contributed by atoms with Gasteiger partial charge in [0, 0.05) is 0 Å². The lowest BCUT2D eigenvalue weighted by atomic mass is 9.93. The van der Waals surface area contributed by atoms with Crippen LogP contribution >= 0.6 is 0 Å². The maximum atomic E-state index is 11.3. The second-order valence-corrected chi connectivity index (χ2v) is 5.21. The Kier molecular flexibility index (Phi) is 4.43. The van der Waals surface area contributed by atoms with Crippen molar-refractivity contribution in [1.82, 2.24) is 0 Å². The number of benzene rings is 1. The Morgan fingerprint density at radius 2 is 2.16 bits per heavy atom. The van der Waals surface area contributed by atoms with Crippen LogP contribution in [0.4, 0.5) is 0 Å². The average molecular weight is 263 g/mol. The first-order chi connectivity index (χ1) is 9.11. The summed E-state index contributed by atoms with van der Waals surface area (Å²) in [5, 5.41) is 9.96. The van der Waals surface area contributed by atoms with E-state index in [9.17, 15) is 9.90 Å². The number of carbonyl (C=O) groups excluding carboxylic acids is 1. The molecule has 1 aromatic carbocycles. The number of rotatable bonds is 4. The summed E-state index contributed by atoms with van der Waals surface area (Å²) in [6.07, 6.45) is 5.12. The summed E-state index contributed by atoms with van der Waals surface area (Å²) in [5.41, 5.74) is 7.73. The lowest BCUT2D eigenvalue weighted by molar-refractivity contribution is -0.142. The molecule has 1 aliphatic carbocycles. The summed E-state index contributed by atoms with van der Waals surface area (Å²) < 4.78 is 4.62. The fourth-order valence-electron chi connectivity index (χ4n) is 2.78. The van der Waals surface area contributed by atoms with Crippen LogP contribution in [0.2, 0.25) is 0 Å². The maximum absolute atomic E-state index is 11.3. The van der Waals surface area contributed by atoms with Crippen LogP contribution in [0.5, 0.6) is 5.75 Å². The molecule has 1 aromatic rings. The quantitative estimate of drug-likeness (QED) is 0.816. The van der Waals surface area contributed by atoms with Crippen molar-refractivity contribution in [2.45, 2.75) is 44.1 Å². The van der Waals surface area contributed by atoms with Gasteiger partial charge in [-0.15, -0.1) is 0 Å². The Morgan fingerprint density at radius 3 is 2.79 bits per heavy atom. The van der Waals surface area contributed by atoms with Crippen molar-refractivity contribution in [3.63, 3.8) is 0 Å². The second-order valence-electron chi connectivity index (χ2n) is 5.21. The van der Waals surface area contributed by atoms with Gasteiger partial charge in [-0.05, 0) is 42.4 Å². The molecule has 0 radical (unpaired) electrons. The highest BCUT2D eigenvalue weighted by Gasteiger charge is 2.21. The third kappa shape index (κ3) is 3.26. The van der Waals surface area contributed by atoms with E-state index in [0.29, 0.717) is 18.1 Å². The summed E-state index contributed by atoms with van der Waals surface area (Å²) >= 11 is 0. The number of nitrogens with two attached hydrogens (primary N) is 1. The molecular formula is C15H21NO3. The highest BCUT2D eigenvalue weighted by molar-refractivity contribution is 5.75. The zero-order valence-electron chi connectivity index (χ0n) is 11.3. The molecule has 2 rings (SSSR count). The topological polar surface area (TPSA) is 72.5 Å². The molecule has 104 valence electrons. The van der Waals surface area contributed by atoms with E-state index in [2.05, 4.69) is 4.74 Å². The summed E-state index contributed by atoms with van der Waals surface area (Å²) in [6.45, 7) is 0. The number of hydrogen-bond donors (Lipinski definition) is 2. The highest BCUT2D eigenvalue weighted by atomic mass is 16.5. The molecule has 0 bridgehead atoms. The van der Waals surface area contributed by atoms with Gasteiger partial charge in [0.05, 0.1) is 7.11 Å². The van der Waals surface area contributed by atoms with Crippen molar-refractivity contribution in [1.29, 1.82) is 0 Å². The van der Waals surface area contributed by atoms with Gasteiger partial charge < -0.3 is 15.6 Å². The van der Waals surface area contributed by atoms with Crippen LogP contribution in [0.15, 0.2) is 18.2 Å². The molecule has 4 nitrogen and oxygen atoms in total. The summed E-state index contributed by atoms with van der Waals surface area (Å²) in [7, 11) is 1.34. The van der Waals surface area contributed by atoms with Gasteiger partial charge in [-0.25, -0.2) is 0 Å². The monoisotopic (exact) mass is 263 g/mol. The van der Waals surface area contributed by atoms with Crippen LogP contribution in [-0.4, -0.2) is 24.2 Å². The fourth-order valence-corrected chi connectivity index (χ4v) is 2.78. The molecule has 0 aromatic heterocycles. The molecule has 4 heteroatoms. The Labute approximate surface area is 113 Å². The Hall–Kier alpha value is -1.55. The number of methoxy groups -OCH3 is 1. The zero-order valence-corrected chi connectivity index (χ0v) is 11.3. The summed E-state index contributed by atoms with van der Waals surface area (Å²) in [4.78, 5) is 11.3. The van der Waals surface area contributed by atoms with Gasteiger partial charge in [-0.2, -0.15) is 0 Å². The minimum Gasteiger partial charge on any atom is -0.508 e. The molecule has 0 aliphatic heterocycles. The Morgan fingerprint density at radius 1 is 1.47 bits per heavy atom. The number of carbonyl (C=O) groups is 1. The number of hydrogen-bond acceptors (Lipinski definition) is 4. The molecular weight excluding hydrogens is 242 g/mol. The van der Waals surface area contributed by atoms with Crippen LogP contribution in [0.1, 0.15) is 42.7 Å². The standard InChI is InChI=1S/C15H21NO3/c1-19-15(18)13(16)9-10-6-7-14(17)12(8-10)11-4-2-3-5-11/h6-8,11,13,17H,2-5,9,16H2,1H3/t13-/m0/s1. The van der Waals surface area contributed by atoms with Crippen molar-refractivity contribution in [3.05, 3.63) is 29.3 Å². The average Bonchev–Trinajstić information content (AvgIpc) is 2.93. The third-order valence-corrected chi connectivity index (χ3v) is 3.85. The van der Waals surface area contributed by atoms with E-state index in [1.807, 2.05) is 12.1 Å². The lowest BCUT2D eigenvalue weighted by Crippen LogP contribution is -2.33. The van der Waals surface area contributed by atoms with E-state index < -0.39 is 12.0 Å². The molecule has 1 aliphatic rings. The van der Waals surface area contributed by atoms with Crippen molar-refractivity contribution < 1.29 is 14.6 Å². The Bertz CT molecular complexity index is 453. The number of phenolic OH excluding ortho intramolecular Hbond substituents is 1. The third-order valence-electron chi connectivity index (χ3n) is 3.85. The second kappa shape index (κ2) is 6.06. The number of ether oxygens (including phenoxy) is 1. The first-order valence-electron chi connectivity index (χ1n) is 6.77. The normalized spacial score (nSPS) is 17.4. The van der Waals surface area contributed by atoms with Gasteiger partial charge in [-0.3, -0.25) is 4.79 Å². The molecule has 1 saturated carbocycles. The minimum atomic E-state index is -0.647. The lowest BCUT2D eigenvalue weighted by Gasteiger charge is -2.15. The first kappa shape index (κ1) is 13.9. The van der Waals surface area contributed by atoms with Gasteiger partial charge >= 0.3 is 5.97 Å². The predicted molar refractivity (Wildman–Crippen MR) is 73.0 cm³/mol. The first-order valence-corrected chi connectivity index (χ1v) is 6.77. The van der Waals surface area contributed by atoms with Gasteiger partial charge in [0.1, 0.15) is 11.8 Å². The SMILES string of the molecule is COC(=O)[C@@H](N)Cc1ccc(O)c(C2CCCC2)c1. The van der Waals surface area contributed by atoms with E-state index in [0.717, 1.165) is 24.0 Å². The molecule has 19 heavy (non-hydrogen) atoms. The van der Waals surface area contributed by atoms with E-state index in [1.54, 1.807) is 6.07 Å². The fraction of sp³-hybridized carbons (Fsp3) is 0.533. The largest absolute Gasteiger partial charge is 0.508 e. The molecule has 1 fully saturated rings. The molecule has 0 unspecified atom stereocenters. The summed E-state index contributed by atoms with van der Waals surface area (Å²) in [5.74, 6) is 0.382. The minimum absolute atomic E-state index is 0.349. The van der Waals surface area contributed by atoms with Crippen molar-refractivity contribution in [2.24, 2.45) is 5.73 Å². The van der Waals surface area contributed by atoms with Crippen LogP contribution < -0.4 is 5.73 Å². The van der Waals surface area contributed by atoms with Crippen LogP contribution in [-0.2, 0) is 16.0 Å². The smallest absolute Gasteiger partial charge is 0.322 e. The van der Waals surface area contributed by atoms with Crippen molar-refractivity contribution >= 4 is 5.97 Å². The number of aromatic hydroxyl groups is 1. The predicted octanol–water partition coefficient (Wildman–Crippen LogP) is 2.09. The van der Waals surface area contributed by atoms with Crippen molar-refractivity contribution in [2.75, 3.05) is 7.11 Å². The van der Waals surface area contributed by atoms with E-state index in [-0.39, 0.29) is 0 Å². The molecule has 0 saturated heterocycles. The van der Waals surface area contributed by atoms with E-state index >= 15 is 0 Å². The number of esters is 1. The van der Waals surface area contributed by atoms with E-state index in [4.69, 9.17) is 5.73 Å². The molecule has 0 spiro atoms. The van der Waals surface area contributed by atoms with Crippen LogP contribution in [0.25, 0.3) is 0 Å². The van der Waals surface area contributed by atoms with Gasteiger partial charge in [-0.1, -0.05) is 25.0 Å². The molecule has 0 heterocycles. The zero-order chi connectivity index (χ0) is 13.8. The van der Waals surface area contributed by atoms with Gasteiger partial charge in [0.2, 0.25) is 0 Å². The highest BCUT2D eigenvalue weighted by Crippen LogP contribution is 2.38. The van der Waals surface area contributed by atoms with Crippen LogP contribution in [0.3, 0.4) is 0 Å². The maximum Gasteiger partial charge on any atom is 0.322 e. The summed E-state index contributed by atoms with van der Waals surface area (Å²) in [6, 6.07) is 4.85. The molecule has 0 amide bonds. The molecule has 3 N–H and O–H groups in total. The van der Waals surface area contributed by atoms with Gasteiger partial charge in [0.25, 0.3) is 0 Å². The number of phenols is 1. The van der Waals surface area contributed by atoms with Crippen molar-refractivity contribution in [3.8, 4) is 5.75 Å². The van der Waals surface area contributed by atoms with Gasteiger partial charge in [0.15, 0.2) is 0 Å². The Balaban J connectivity index is 2.14. The van der Waals surface area contributed by atoms with Crippen LogP contribution in [0, 0.1) is 0 Å². The van der Waals surface area contributed by atoms with E-state index in [1.165, 1.54) is 20.0 Å². The molecule has 1 atom stereocenters.